The van der Waals surface area contributed by atoms with Crippen LogP contribution in [0.25, 0.3) is 10.9 Å². The van der Waals surface area contributed by atoms with Gasteiger partial charge in [0.1, 0.15) is 0 Å². The van der Waals surface area contributed by atoms with Gasteiger partial charge in [0.2, 0.25) is 0 Å². The molecule has 2 aromatic heterocycles. The zero-order valence-corrected chi connectivity index (χ0v) is 20.7. The third-order valence-corrected chi connectivity index (χ3v) is 6.11. The van der Waals surface area contributed by atoms with Crippen LogP contribution in [0.5, 0.6) is 0 Å². The fourth-order valence-corrected chi connectivity index (χ4v) is 4.42. The van der Waals surface area contributed by atoms with Gasteiger partial charge in [-0.3, -0.25) is 9.69 Å². The zero-order valence-electron chi connectivity index (χ0n) is 20.7. The molecule has 0 aliphatic rings. The smallest absolute Gasteiger partial charge is 0.252 e. The van der Waals surface area contributed by atoms with E-state index in [1.54, 1.807) is 0 Å². The van der Waals surface area contributed by atoms with Crippen molar-refractivity contribution in [3.05, 3.63) is 87.5 Å². The Morgan fingerprint density at radius 2 is 1.82 bits per heavy atom. The molecule has 2 heterocycles. The van der Waals surface area contributed by atoms with E-state index in [1.807, 2.05) is 41.9 Å². The number of nitrogens with one attached hydrogen (secondary N) is 1. The predicted octanol–water partition coefficient (Wildman–Crippen LogP) is 5.12. The highest BCUT2D eigenvalue weighted by molar-refractivity contribution is 5.79. The molecule has 0 fully saturated rings. The zero-order chi connectivity index (χ0) is 24.3. The van der Waals surface area contributed by atoms with Gasteiger partial charge in [0.15, 0.2) is 5.82 Å². The van der Waals surface area contributed by atoms with Crippen molar-refractivity contribution in [2.24, 2.45) is 0 Å². The number of aromatic nitrogens is 5. The van der Waals surface area contributed by atoms with Gasteiger partial charge in [-0.15, -0.1) is 5.10 Å². The van der Waals surface area contributed by atoms with Gasteiger partial charge in [-0.2, -0.15) is 0 Å². The molecule has 34 heavy (non-hydrogen) atoms. The minimum Gasteiger partial charge on any atom is -0.322 e. The summed E-state index contributed by atoms with van der Waals surface area (Å²) >= 11 is 0. The van der Waals surface area contributed by atoms with Crippen LogP contribution in [-0.4, -0.2) is 30.1 Å². The van der Waals surface area contributed by atoms with E-state index < -0.39 is 0 Å². The fraction of sp³-hybridized carbons (Fsp3) is 0.407. The number of H-pyrrole nitrogens is 1. The first-order chi connectivity index (χ1) is 16.3. The normalized spacial score (nSPS) is 13.0. The largest absolute Gasteiger partial charge is 0.322 e. The predicted molar refractivity (Wildman–Crippen MR) is 135 cm³/mol. The van der Waals surface area contributed by atoms with E-state index in [0.717, 1.165) is 40.7 Å². The molecule has 0 amide bonds. The van der Waals surface area contributed by atoms with Crippen LogP contribution in [-0.2, 0) is 18.6 Å². The average Bonchev–Trinajstić information content (AvgIpc) is 3.29. The molecule has 7 nitrogen and oxygen atoms in total. The topological polar surface area (TPSA) is 79.7 Å². The van der Waals surface area contributed by atoms with Crippen molar-refractivity contribution in [1.29, 1.82) is 0 Å². The maximum Gasteiger partial charge on any atom is 0.252 e. The number of aromatic amines is 1. The standard InChI is InChI=1S/C27H34N6O/c1-6-10-24(25-29-30-31-33(25)27(3,4)5)32(17-20-11-8-7-9-12-20)18-22-16-21-14-13-19(2)15-23(21)28-26(22)34/h7-9,11-16,24H,6,10,17-18H2,1-5H3,(H,28,34)/t24-/m1/s1. The Kier molecular flexibility index (Phi) is 6.93. The summed E-state index contributed by atoms with van der Waals surface area (Å²) in [5.41, 5.74) is 3.61. The molecule has 0 saturated heterocycles. The van der Waals surface area contributed by atoms with E-state index in [-0.39, 0.29) is 17.1 Å². The Labute approximate surface area is 200 Å². The Hall–Kier alpha value is -3.32. The van der Waals surface area contributed by atoms with Crippen molar-refractivity contribution in [2.45, 2.75) is 72.1 Å². The van der Waals surface area contributed by atoms with Gasteiger partial charge in [-0.05, 0) is 73.2 Å². The van der Waals surface area contributed by atoms with Crippen molar-refractivity contribution in [3.63, 3.8) is 0 Å². The summed E-state index contributed by atoms with van der Waals surface area (Å²) in [4.78, 5) is 18.5. The highest BCUT2D eigenvalue weighted by atomic mass is 16.1. The molecule has 1 N–H and O–H groups in total. The number of fused-ring (bicyclic) bond motifs is 1. The number of hydrogen-bond donors (Lipinski definition) is 1. The summed E-state index contributed by atoms with van der Waals surface area (Å²) < 4.78 is 1.92. The third kappa shape index (κ3) is 5.25. The molecular weight excluding hydrogens is 424 g/mol. The summed E-state index contributed by atoms with van der Waals surface area (Å²) in [6.07, 6.45) is 1.86. The SMILES string of the molecule is CCC[C@H](c1nnnn1C(C)(C)C)N(Cc1ccccc1)Cc1cc2ccc(C)cc2[nH]c1=O. The Morgan fingerprint density at radius 3 is 2.53 bits per heavy atom. The van der Waals surface area contributed by atoms with Crippen LogP contribution < -0.4 is 5.56 Å². The molecule has 4 rings (SSSR count). The minimum atomic E-state index is -0.248. The van der Waals surface area contributed by atoms with E-state index in [1.165, 1.54) is 5.56 Å². The van der Waals surface area contributed by atoms with E-state index in [4.69, 9.17) is 0 Å². The monoisotopic (exact) mass is 458 g/mol. The number of pyridine rings is 1. The average molecular weight is 459 g/mol. The van der Waals surface area contributed by atoms with Crippen LogP contribution in [0.2, 0.25) is 0 Å². The van der Waals surface area contributed by atoms with Gasteiger partial charge in [0.25, 0.3) is 5.56 Å². The van der Waals surface area contributed by atoms with Crippen molar-refractivity contribution in [1.82, 2.24) is 30.1 Å². The molecule has 0 aliphatic heterocycles. The van der Waals surface area contributed by atoms with Crippen molar-refractivity contribution < 1.29 is 0 Å². The summed E-state index contributed by atoms with van der Waals surface area (Å²) in [6, 6.07) is 18.5. The number of tetrazole rings is 1. The molecule has 2 aromatic carbocycles. The summed E-state index contributed by atoms with van der Waals surface area (Å²) in [7, 11) is 0. The minimum absolute atomic E-state index is 0.0347. The number of benzene rings is 2. The lowest BCUT2D eigenvalue weighted by molar-refractivity contribution is 0.148. The van der Waals surface area contributed by atoms with Gasteiger partial charge in [0, 0.05) is 24.2 Å². The molecule has 0 spiro atoms. The van der Waals surface area contributed by atoms with Gasteiger partial charge in [-0.1, -0.05) is 55.8 Å². The second-order valence-electron chi connectivity index (χ2n) is 10.0. The molecule has 0 bridgehead atoms. The lowest BCUT2D eigenvalue weighted by Gasteiger charge is -2.33. The quantitative estimate of drug-likeness (QED) is 0.396. The van der Waals surface area contributed by atoms with Crippen LogP contribution in [0.1, 0.15) is 69.1 Å². The Morgan fingerprint density at radius 1 is 1.06 bits per heavy atom. The van der Waals surface area contributed by atoms with E-state index in [0.29, 0.717) is 13.1 Å². The van der Waals surface area contributed by atoms with Crippen LogP contribution >= 0.6 is 0 Å². The van der Waals surface area contributed by atoms with Crippen LogP contribution in [0.15, 0.2) is 59.4 Å². The summed E-state index contributed by atoms with van der Waals surface area (Å²) in [6.45, 7) is 11.7. The highest BCUT2D eigenvalue weighted by Gasteiger charge is 2.30. The van der Waals surface area contributed by atoms with Crippen LogP contribution in [0.4, 0.5) is 0 Å². The second-order valence-corrected chi connectivity index (χ2v) is 10.0. The molecular formula is C27H34N6O. The number of rotatable bonds is 8. The first-order valence-corrected chi connectivity index (χ1v) is 12.0. The van der Waals surface area contributed by atoms with Gasteiger partial charge in [-0.25, -0.2) is 4.68 Å². The van der Waals surface area contributed by atoms with Gasteiger partial charge < -0.3 is 4.98 Å². The van der Waals surface area contributed by atoms with E-state index in [9.17, 15) is 4.79 Å². The lowest BCUT2D eigenvalue weighted by Crippen LogP contribution is -2.35. The van der Waals surface area contributed by atoms with E-state index in [2.05, 4.69) is 77.4 Å². The molecule has 4 aromatic rings. The van der Waals surface area contributed by atoms with Gasteiger partial charge >= 0.3 is 0 Å². The Balaban J connectivity index is 1.78. The molecule has 7 heteroatoms. The first kappa shape index (κ1) is 23.8. The molecule has 0 aliphatic carbocycles. The summed E-state index contributed by atoms with van der Waals surface area (Å²) in [5, 5.41) is 13.8. The molecule has 0 saturated carbocycles. The number of hydrogen-bond acceptors (Lipinski definition) is 5. The maximum atomic E-state index is 13.1. The molecule has 0 radical (unpaired) electrons. The summed E-state index contributed by atoms with van der Waals surface area (Å²) in [5.74, 6) is 0.832. The highest BCUT2D eigenvalue weighted by Crippen LogP contribution is 2.30. The van der Waals surface area contributed by atoms with Crippen molar-refractivity contribution in [3.8, 4) is 0 Å². The number of nitrogens with zero attached hydrogens (tertiary/aromatic N) is 5. The second kappa shape index (κ2) is 9.89. The fourth-order valence-electron chi connectivity index (χ4n) is 4.42. The molecule has 1 atom stereocenters. The van der Waals surface area contributed by atoms with Crippen LogP contribution in [0, 0.1) is 6.92 Å². The first-order valence-electron chi connectivity index (χ1n) is 12.0. The van der Waals surface area contributed by atoms with Crippen LogP contribution in [0.3, 0.4) is 0 Å². The molecule has 0 unspecified atom stereocenters. The van der Waals surface area contributed by atoms with E-state index >= 15 is 0 Å². The molecule has 178 valence electrons. The van der Waals surface area contributed by atoms with Crippen molar-refractivity contribution >= 4 is 10.9 Å². The Bertz CT molecular complexity index is 1300. The number of aryl methyl sites for hydroxylation is 1. The van der Waals surface area contributed by atoms with Crippen molar-refractivity contribution in [2.75, 3.05) is 0 Å². The maximum absolute atomic E-state index is 13.1. The lowest BCUT2D eigenvalue weighted by atomic mass is 10.0. The third-order valence-electron chi connectivity index (χ3n) is 6.11. The van der Waals surface area contributed by atoms with Gasteiger partial charge in [0.05, 0.1) is 11.6 Å².